The van der Waals surface area contributed by atoms with Crippen molar-refractivity contribution in [3.8, 4) is 11.5 Å². The summed E-state index contributed by atoms with van der Waals surface area (Å²) in [6.45, 7) is 11.8. The van der Waals surface area contributed by atoms with E-state index in [1.807, 2.05) is 18.5 Å². The van der Waals surface area contributed by atoms with Crippen molar-refractivity contribution in [3.63, 3.8) is 0 Å². The Morgan fingerprint density at radius 1 is 1.00 bits per heavy atom. The standard InChI is InChI=1S/C28H36N6/c1-18(2)33-14-9-23(10-15-33)34-12-7-20(8-13-34)21-4-5-25-24(16-21)19(3)26(31-25)28-30-17-22-6-11-29-27(22)32-28/h4-6,11,16-18,20,23,31H,7-10,12-15H2,1-3H3,(H,29,30,32). The third-order valence-electron chi connectivity index (χ3n) is 8.35. The van der Waals surface area contributed by atoms with E-state index < -0.39 is 0 Å². The maximum atomic E-state index is 4.73. The van der Waals surface area contributed by atoms with Crippen molar-refractivity contribution in [3.05, 3.63) is 47.8 Å². The minimum atomic E-state index is 0.653. The first-order chi connectivity index (χ1) is 16.6. The van der Waals surface area contributed by atoms with Crippen LogP contribution in [0.25, 0.3) is 33.5 Å². The number of hydrogen-bond acceptors (Lipinski definition) is 4. The lowest BCUT2D eigenvalue weighted by molar-refractivity contribution is 0.0753. The van der Waals surface area contributed by atoms with E-state index in [-0.39, 0.29) is 0 Å². The summed E-state index contributed by atoms with van der Waals surface area (Å²) in [5.41, 5.74) is 5.78. The van der Waals surface area contributed by atoms with E-state index in [2.05, 4.69) is 63.7 Å². The molecule has 0 saturated carbocycles. The molecule has 34 heavy (non-hydrogen) atoms. The number of rotatable bonds is 4. The molecule has 6 nitrogen and oxygen atoms in total. The minimum Gasteiger partial charge on any atom is -0.352 e. The van der Waals surface area contributed by atoms with Crippen LogP contribution < -0.4 is 0 Å². The van der Waals surface area contributed by atoms with E-state index >= 15 is 0 Å². The number of nitrogens with one attached hydrogen (secondary N) is 2. The van der Waals surface area contributed by atoms with E-state index in [1.54, 1.807) is 0 Å². The molecule has 0 atom stereocenters. The second-order valence-electron chi connectivity index (χ2n) is 10.6. The van der Waals surface area contributed by atoms with Gasteiger partial charge in [0.1, 0.15) is 5.65 Å². The monoisotopic (exact) mass is 456 g/mol. The molecule has 0 aliphatic carbocycles. The van der Waals surface area contributed by atoms with Crippen LogP contribution in [0.1, 0.15) is 56.6 Å². The molecule has 2 fully saturated rings. The van der Waals surface area contributed by atoms with Gasteiger partial charge in [-0.05, 0) is 108 Å². The molecule has 2 N–H and O–H groups in total. The molecular formula is C28H36N6. The molecule has 1 aromatic carbocycles. The Morgan fingerprint density at radius 3 is 2.56 bits per heavy atom. The molecule has 6 heteroatoms. The van der Waals surface area contributed by atoms with Gasteiger partial charge in [0.2, 0.25) is 0 Å². The fourth-order valence-corrected chi connectivity index (χ4v) is 6.15. The highest BCUT2D eigenvalue weighted by Crippen LogP contribution is 2.35. The van der Waals surface area contributed by atoms with Gasteiger partial charge < -0.3 is 19.8 Å². The zero-order chi connectivity index (χ0) is 23.2. The normalized spacial score (nSPS) is 19.6. The van der Waals surface area contributed by atoms with Gasteiger partial charge in [0.05, 0.1) is 5.69 Å². The van der Waals surface area contributed by atoms with Gasteiger partial charge in [-0.2, -0.15) is 0 Å². The number of H-pyrrole nitrogens is 2. The first-order valence-electron chi connectivity index (χ1n) is 13.0. The predicted molar refractivity (Wildman–Crippen MR) is 139 cm³/mol. The Balaban J connectivity index is 1.17. The lowest BCUT2D eigenvalue weighted by atomic mass is 9.87. The highest BCUT2D eigenvalue weighted by molar-refractivity contribution is 5.90. The van der Waals surface area contributed by atoms with Gasteiger partial charge in [0.25, 0.3) is 0 Å². The summed E-state index contributed by atoms with van der Waals surface area (Å²) in [6.07, 6.45) is 8.99. The first kappa shape index (κ1) is 21.8. The number of aromatic nitrogens is 4. The van der Waals surface area contributed by atoms with Crippen LogP contribution in [0.15, 0.2) is 36.7 Å². The third-order valence-corrected chi connectivity index (χ3v) is 8.35. The molecule has 0 radical (unpaired) electrons. The van der Waals surface area contributed by atoms with Gasteiger partial charge in [-0.3, -0.25) is 0 Å². The lowest BCUT2D eigenvalue weighted by Crippen LogP contribution is -2.48. The Morgan fingerprint density at radius 2 is 1.79 bits per heavy atom. The van der Waals surface area contributed by atoms with Crippen LogP contribution in [-0.2, 0) is 0 Å². The van der Waals surface area contributed by atoms with Gasteiger partial charge >= 0.3 is 0 Å². The van der Waals surface area contributed by atoms with Gasteiger partial charge in [-0.1, -0.05) is 6.07 Å². The van der Waals surface area contributed by atoms with Crippen LogP contribution in [0.4, 0.5) is 0 Å². The largest absolute Gasteiger partial charge is 0.352 e. The molecule has 0 unspecified atom stereocenters. The molecular weight excluding hydrogens is 420 g/mol. The van der Waals surface area contributed by atoms with E-state index in [0.29, 0.717) is 12.0 Å². The lowest BCUT2D eigenvalue weighted by Gasteiger charge is -2.42. The van der Waals surface area contributed by atoms with Crippen LogP contribution in [0.3, 0.4) is 0 Å². The molecule has 4 aromatic rings. The minimum absolute atomic E-state index is 0.653. The van der Waals surface area contributed by atoms with Gasteiger partial charge in [-0.25, -0.2) is 9.97 Å². The molecule has 3 aromatic heterocycles. The zero-order valence-corrected chi connectivity index (χ0v) is 20.6. The highest BCUT2D eigenvalue weighted by atomic mass is 15.2. The Kier molecular flexibility index (Phi) is 5.66. The summed E-state index contributed by atoms with van der Waals surface area (Å²) in [4.78, 5) is 21.5. The summed E-state index contributed by atoms with van der Waals surface area (Å²) in [5.74, 6) is 1.41. The number of aryl methyl sites for hydroxylation is 1. The number of fused-ring (bicyclic) bond motifs is 2. The zero-order valence-electron chi connectivity index (χ0n) is 20.6. The van der Waals surface area contributed by atoms with Crippen molar-refractivity contribution in [1.29, 1.82) is 0 Å². The fraction of sp³-hybridized carbons (Fsp3) is 0.500. The van der Waals surface area contributed by atoms with Crippen LogP contribution in [0, 0.1) is 6.92 Å². The third kappa shape index (κ3) is 3.93. The second-order valence-corrected chi connectivity index (χ2v) is 10.6. The van der Waals surface area contributed by atoms with Crippen molar-refractivity contribution >= 4 is 21.9 Å². The Bertz CT molecular complexity index is 1280. The molecule has 0 bridgehead atoms. The van der Waals surface area contributed by atoms with Crippen molar-refractivity contribution < 1.29 is 0 Å². The highest BCUT2D eigenvalue weighted by Gasteiger charge is 2.29. The Hall–Kier alpha value is -2.70. The maximum absolute atomic E-state index is 4.73. The van der Waals surface area contributed by atoms with E-state index in [9.17, 15) is 0 Å². The summed E-state index contributed by atoms with van der Waals surface area (Å²) in [6, 6.07) is 10.5. The van der Waals surface area contributed by atoms with E-state index in [0.717, 1.165) is 28.6 Å². The summed E-state index contributed by atoms with van der Waals surface area (Å²) < 4.78 is 0. The van der Waals surface area contributed by atoms with Crippen molar-refractivity contribution in [2.75, 3.05) is 26.2 Å². The number of likely N-dealkylation sites (tertiary alicyclic amines) is 2. The van der Waals surface area contributed by atoms with Gasteiger partial charge in [0.15, 0.2) is 5.82 Å². The molecule has 0 amide bonds. The summed E-state index contributed by atoms with van der Waals surface area (Å²) in [5, 5.41) is 2.34. The quantitative estimate of drug-likeness (QED) is 0.428. The number of hydrogen-bond donors (Lipinski definition) is 2. The Labute approximate surface area is 201 Å². The van der Waals surface area contributed by atoms with Gasteiger partial charge in [0, 0.05) is 40.8 Å². The maximum Gasteiger partial charge on any atom is 0.178 e. The number of nitrogens with zero attached hydrogens (tertiary/aromatic N) is 4. The van der Waals surface area contributed by atoms with E-state index in [4.69, 9.17) is 4.98 Å². The second kappa shape index (κ2) is 8.82. The predicted octanol–water partition coefficient (Wildman–Crippen LogP) is 5.47. The molecule has 2 saturated heterocycles. The van der Waals surface area contributed by atoms with Crippen molar-refractivity contribution in [2.24, 2.45) is 0 Å². The first-order valence-corrected chi connectivity index (χ1v) is 13.0. The average Bonchev–Trinajstić information content (AvgIpc) is 3.48. The average molecular weight is 457 g/mol. The number of benzene rings is 1. The molecule has 5 heterocycles. The summed E-state index contributed by atoms with van der Waals surface area (Å²) in [7, 11) is 0. The van der Waals surface area contributed by atoms with Crippen LogP contribution in [-0.4, -0.2) is 68.0 Å². The number of piperidine rings is 2. The van der Waals surface area contributed by atoms with E-state index in [1.165, 1.54) is 73.9 Å². The molecule has 2 aliphatic heterocycles. The van der Waals surface area contributed by atoms with Crippen molar-refractivity contribution in [2.45, 2.75) is 64.5 Å². The van der Waals surface area contributed by atoms with Crippen molar-refractivity contribution in [1.82, 2.24) is 29.7 Å². The van der Waals surface area contributed by atoms with Crippen LogP contribution in [0.2, 0.25) is 0 Å². The summed E-state index contributed by atoms with van der Waals surface area (Å²) >= 11 is 0. The molecule has 2 aliphatic rings. The molecule has 6 rings (SSSR count). The van der Waals surface area contributed by atoms with Crippen LogP contribution >= 0.6 is 0 Å². The smallest absolute Gasteiger partial charge is 0.178 e. The fourth-order valence-electron chi connectivity index (χ4n) is 6.15. The molecule has 178 valence electrons. The molecule has 0 spiro atoms. The topological polar surface area (TPSA) is 63.8 Å². The van der Waals surface area contributed by atoms with Gasteiger partial charge in [-0.15, -0.1) is 0 Å². The number of aromatic amines is 2. The SMILES string of the molecule is Cc1c(-c2ncc3cc[nH]c3n2)[nH]c2ccc(C3CCN(C4CCN(C(C)C)CC4)CC3)cc12. The van der Waals surface area contributed by atoms with Crippen LogP contribution in [0.5, 0.6) is 0 Å².